The third kappa shape index (κ3) is 2.56. The van der Waals surface area contributed by atoms with Gasteiger partial charge >= 0.3 is 0 Å². The second kappa shape index (κ2) is 5.37. The Balaban J connectivity index is 2.39. The molecule has 110 valence electrons. The van der Waals surface area contributed by atoms with Gasteiger partial charge in [-0.1, -0.05) is 6.07 Å². The lowest BCUT2D eigenvalue weighted by atomic mass is 9.96. The highest BCUT2D eigenvalue weighted by atomic mass is 79.9. The molecule has 0 radical (unpaired) electrons. The van der Waals surface area contributed by atoms with Gasteiger partial charge in [-0.05, 0) is 54.4 Å². The largest absolute Gasteiger partial charge is 0.389 e. The predicted molar refractivity (Wildman–Crippen MR) is 83.8 cm³/mol. The molecule has 1 atom stereocenters. The zero-order chi connectivity index (χ0) is 15.1. The van der Waals surface area contributed by atoms with Crippen LogP contribution in [0.5, 0.6) is 0 Å². The van der Waals surface area contributed by atoms with Gasteiger partial charge in [0.15, 0.2) is 0 Å². The summed E-state index contributed by atoms with van der Waals surface area (Å²) in [4.78, 5) is 16.2. The van der Waals surface area contributed by atoms with Crippen LogP contribution in [0.3, 0.4) is 0 Å². The van der Waals surface area contributed by atoms with Crippen LogP contribution in [0.15, 0.2) is 22.7 Å². The second-order valence-electron chi connectivity index (χ2n) is 5.82. The van der Waals surface area contributed by atoms with E-state index in [9.17, 15) is 9.90 Å². The first-order chi connectivity index (χ1) is 9.25. The molecule has 1 saturated heterocycles. The molecule has 0 bridgehead atoms. The van der Waals surface area contributed by atoms with Crippen molar-refractivity contribution in [3.05, 3.63) is 28.2 Å². The summed E-state index contributed by atoms with van der Waals surface area (Å²) in [5.74, 6) is 0.121. The molecule has 0 unspecified atom stereocenters. The molecule has 0 aliphatic carbocycles. The Morgan fingerprint density at radius 2 is 2.00 bits per heavy atom. The van der Waals surface area contributed by atoms with Crippen molar-refractivity contribution in [3.8, 4) is 0 Å². The van der Waals surface area contributed by atoms with E-state index in [0.717, 1.165) is 22.3 Å². The number of aliphatic hydroxyl groups excluding tert-OH is 1. The van der Waals surface area contributed by atoms with Crippen molar-refractivity contribution in [2.75, 3.05) is 25.0 Å². The number of piperazine rings is 1. The Hall–Kier alpha value is -1.07. The molecular weight excluding hydrogens is 320 g/mol. The van der Waals surface area contributed by atoms with Crippen LogP contribution in [0.2, 0.25) is 0 Å². The number of likely N-dealkylation sites (N-methyl/N-ethyl adjacent to an activating group) is 1. The number of carbonyl (C=O) groups excluding carboxylic acids is 1. The average molecular weight is 341 g/mol. The van der Waals surface area contributed by atoms with Gasteiger partial charge in [0.1, 0.15) is 5.54 Å². The van der Waals surface area contributed by atoms with Gasteiger partial charge in [0.05, 0.1) is 11.8 Å². The monoisotopic (exact) mass is 340 g/mol. The van der Waals surface area contributed by atoms with Crippen LogP contribution in [0.1, 0.15) is 32.4 Å². The number of hydrogen-bond acceptors (Lipinski definition) is 3. The average Bonchev–Trinajstić information content (AvgIpc) is 2.37. The molecule has 2 rings (SSSR count). The van der Waals surface area contributed by atoms with Gasteiger partial charge < -0.3 is 14.9 Å². The van der Waals surface area contributed by atoms with Gasteiger partial charge in [0.25, 0.3) is 0 Å². The van der Waals surface area contributed by atoms with E-state index in [-0.39, 0.29) is 5.91 Å². The van der Waals surface area contributed by atoms with Crippen LogP contribution < -0.4 is 4.90 Å². The van der Waals surface area contributed by atoms with E-state index in [2.05, 4.69) is 20.8 Å². The Bertz CT molecular complexity index is 529. The fraction of sp³-hybridized carbons (Fsp3) is 0.533. The Labute approximate surface area is 128 Å². The zero-order valence-electron chi connectivity index (χ0n) is 12.4. The maximum absolute atomic E-state index is 12.3. The Morgan fingerprint density at radius 1 is 1.35 bits per heavy atom. The molecule has 1 aromatic carbocycles. The molecule has 1 amide bonds. The van der Waals surface area contributed by atoms with E-state index in [1.54, 1.807) is 11.8 Å². The van der Waals surface area contributed by atoms with Crippen LogP contribution >= 0.6 is 15.9 Å². The number of rotatable bonds is 2. The minimum absolute atomic E-state index is 0.121. The summed E-state index contributed by atoms with van der Waals surface area (Å²) in [7, 11) is 1.84. The summed E-state index contributed by atoms with van der Waals surface area (Å²) in [6.07, 6.45) is -0.498. The fourth-order valence-electron chi connectivity index (χ4n) is 2.64. The first-order valence-corrected chi connectivity index (χ1v) is 7.55. The van der Waals surface area contributed by atoms with Crippen molar-refractivity contribution < 1.29 is 9.90 Å². The number of aliphatic hydroxyl groups is 1. The van der Waals surface area contributed by atoms with E-state index in [1.165, 1.54) is 0 Å². The summed E-state index contributed by atoms with van der Waals surface area (Å²) in [6, 6.07) is 5.79. The molecule has 1 aliphatic rings. The molecule has 5 heteroatoms. The maximum atomic E-state index is 12.3. The second-order valence-corrected chi connectivity index (χ2v) is 6.68. The minimum Gasteiger partial charge on any atom is -0.389 e. The minimum atomic E-state index is -0.568. The molecule has 0 aromatic heterocycles. The smallest absolute Gasteiger partial charge is 0.247 e. The van der Waals surface area contributed by atoms with Crippen molar-refractivity contribution in [1.82, 2.24) is 4.90 Å². The molecule has 1 fully saturated rings. The number of anilines is 1. The van der Waals surface area contributed by atoms with Crippen LogP contribution in [0.25, 0.3) is 0 Å². The number of nitrogens with zero attached hydrogens (tertiary/aromatic N) is 2. The Morgan fingerprint density at radius 3 is 2.55 bits per heavy atom. The van der Waals surface area contributed by atoms with Crippen LogP contribution in [0.4, 0.5) is 5.69 Å². The lowest BCUT2D eigenvalue weighted by Crippen LogP contribution is -2.62. The first-order valence-electron chi connectivity index (χ1n) is 6.76. The van der Waals surface area contributed by atoms with Gasteiger partial charge in [-0.3, -0.25) is 4.79 Å². The molecule has 1 heterocycles. The fourth-order valence-corrected chi connectivity index (χ4v) is 3.25. The summed E-state index contributed by atoms with van der Waals surface area (Å²) < 4.78 is 0.904. The standard InChI is InChI=1S/C15H21BrN2O2/c1-10(19)11-5-6-13(12(16)9-11)18-8-7-17(4)14(20)15(18,2)3/h5-6,9-10,19H,7-8H2,1-4H3/t10-/m1/s1. The molecule has 0 spiro atoms. The SMILES string of the molecule is C[C@@H](O)c1ccc(N2CCN(C)C(=O)C2(C)C)c(Br)c1. The summed E-state index contributed by atoms with van der Waals surface area (Å²) >= 11 is 3.56. The van der Waals surface area contributed by atoms with E-state index in [1.807, 2.05) is 39.1 Å². The molecule has 1 N–H and O–H groups in total. The highest BCUT2D eigenvalue weighted by Crippen LogP contribution is 2.35. The summed E-state index contributed by atoms with van der Waals surface area (Å²) in [6.45, 7) is 7.14. The molecule has 1 aliphatic heterocycles. The van der Waals surface area contributed by atoms with Crippen molar-refractivity contribution >= 4 is 27.5 Å². The number of carbonyl (C=O) groups is 1. The number of benzene rings is 1. The number of halogens is 1. The van der Waals surface area contributed by atoms with E-state index < -0.39 is 11.6 Å². The Kier molecular flexibility index (Phi) is 4.12. The van der Waals surface area contributed by atoms with E-state index in [0.29, 0.717) is 6.54 Å². The summed E-state index contributed by atoms with van der Waals surface area (Å²) in [5, 5.41) is 9.63. The van der Waals surface area contributed by atoms with Crippen molar-refractivity contribution in [3.63, 3.8) is 0 Å². The maximum Gasteiger partial charge on any atom is 0.247 e. The van der Waals surface area contributed by atoms with Gasteiger partial charge in [-0.25, -0.2) is 0 Å². The highest BCUT2D eigenvalue weighted by molar-refractivity contribution is 9.10. The van der Waals surface area contributed by atoms with Gasteiger partial charge in [0, 0.05) is 24.6 Å². The van der Waals surface area contributed by atoms with Gasteiger partial charge in [0.2, 0.25) is 5.91 Å². The predicted octanol–water partition coefficient (Wildman–Crippen LogP) is 2.56. The van der Waals surface area contributed by atoms with Crippen LogP contribution in [-0.2, 0) is 4.79 Å². The quantitative estimate of drug-likeness (QED) is 0.899. The third-order valence-corrected chi connectivity index (χ3v) is 4.58. The topological polar surface area (TPSA) is 43.8 Å². The lowest BCUT2D eigenvalue weighted by molar-refractivity contribution is -0.136. The molecule has 0 saturated carbocycles. The molecule has 20 heavy (non-hydrogen) atoms. The van der Waals surface area contributed by atoms with E-state index >= 15 is 0 Å². The van der Waals surface area contributed by atoms with Crippen LogP contribution in [0, 0.1) is 0 Å². The highest BCUT2D eigenvalue weighted by Gasteiger charge is 2.41. The van der Waals surface area contributed by atoms with Crippen molar-refractivity contribution in [1.29, 1.82) is 0 Å². The number of hydrogen-bond donors (Lipinski definition) is 1. The van der Waals surface area contributed by atoms with Gasteiger partial charge in [-0.2, -0.15) is 0 Å². The zero-order valence-corrected chi connectivity index (χ0v) is 13.9. The van der Waals surface area contributed by atoms with Crippen LogP contribution in [-0.4, -0.2) is 41.6 Å². The number of amides is 1. The normalized spacial score (nSPS) is 20.2. The van der Waals surface area contributed by atoms with E-state index in [4.69, 9.17) is 0 Å². The third-order valence-electron chi connectivity index (χ3n) is 3.95. The van der Waals surface area contributed by atoms with Crippen molar-refractivity contribution in [2.45, 2.75) is 32.4 Å². The lowest BCUT2D eigenvalue weighted by Gasteiger charge is -2.46. The molecular formula is C15H21BrN2O2. The van der Waals surface area contributed by atoms with Gasteiger partial charge in [-0.15, -0.1) is 0 Å². The molecule has 4 nitrogen and oxygen atoms in total. The first kappa shape index (κ1) is 15.3. The molecule has 1 aromatic rings. The summed E-state index contributed by atoms with van der Waals surface area (Å²) in [5.41, 5.74) is 1.28. The van der Waals surface area contributed by atoms with Crippen molar-refractivity contribution in [2.24, 2.45) is 0 Å².